The zero-order chi connectivity index (χ0) is 10.4. The molecule has 0 aliphatic heterocycles. The summed E-state index contributed by atoms with van der Waals surface area (Å²) >= 11 is 0. The Morgan fingerprint density at radius 1 is 1.29 bits per heavy atom. The van der Waals surface area contributed by atoms with Crippen molar-refractivity contribution in [2.45, 2.75) is 20.3 Å². The maximum absolute atomic E-state index is 3.13. The highest BCUT2D eigenvalue weighted by Gasteiger charge is 1.92. The second kappa shape index (κ2) is 5.61. The molecule has 0 spiro atoms. The maximum Gasteiger partial charge on any atom is -0.00172 e. The average Bonchev–Trinajstić information content (AvgIpc) is 2.15. The predicted molar refractivity (Wildman–Crippen MR) is 63.5 cm³/mol. The van der Waals surface area contributed by atoms with Gasteiger partial charge in [-0.25, -0.2) is 0 Å². The van der Waals surface area contributed by atoms with E-state index in [9.17, 15) is 0 Å². The molecule has 0 fully saturated rings. The Morgan fingerprint density at radius 3 is 2.71 bits per heavy atom. The van der Waals surface area contributed by atoms with E-state index in [2.05, 4.69) is 49.5 Å². The van der Waals surface area contributed by atoms with E-state index in [0.717, 1.165) is 13.0 Å². The quantitative estimate of drug-likeness (QED) is 0.718. The molecule has 0 aromatic heterocycles. The molecule has 0 unspecified atom stereocenters. The Bertz CT molecular complexity index is 313. The van der Waals surface area contributed by atoms with Crippen LogP contribution in [0, 0.1) is 13.8 Å². The summed E-state index contributed by atoms with van der Waals surface area (Å²) in [6, 6.07) is 6.56. The first-order valence-corrected chi connectivity index (χ1v) is 5.12. The summed E-state index contributed by atoms with van der Waals surface area (Å²) in [7, 11) is 1.98. The highest BCUT2D eigenvalue weighted by atomic mass is 14.8. The van der Waals surface area contributed by atoms with Crippen molar-refractivity contribution in [1.82, 2.24) is 5.32 Å². The molecular formula is C13H19N. The number of hydrogen-bond donors (Lipinski definition) is 1. The molecule has 1 heteroatoms. The Labute approximate surface area is 86.8 Å². The minimum absolute atomic E-state index is 1.04. The molecule has 14 heavy (non-hydrogen) atoms. The van der Waals surface area contributed by atoms with Crippen LogP contribution in [-0.2, 0) is 0 Å². The largest absolute Gasteiger partial charge is 0.319 e. The molecule has 0 saturated carbocycles. The summed E-state index contributed by atoms with van der Waals surface area (Å²) in [6.45, 7) is 5.33. The highest BCUT2D eigenvalue weighted by Crippen LogP contribution is 2.12. The molecular weight excluding hydrogens is 170 g/mol. The van der Waals surface area contributed by atoms with Crippen LogP contribution in [0.4, 0.5) is 0 Å². The van der Waals surface area contributed by atoms with Gasteiger partial charge in [-0.2, -0.15) is 0 Å². The summed E-state index contributed by atoms with van der Waals surface area (Å²) in [5.41, 5.74) is 4.01. The van der Waals surface area contributed by atoms with Crippen LogP contribution in [0.5, 0.6) is 0 Å². The zero-order valence-corrected chi connectivity index (χ0v) is 9.30. The van der Waals surface area contributed by atoms with Gasteiger partial charge in [0.15, 0.2) is 0 Å². The second-order valence-corrected chi connectivity index (χ2v) is 3.65. The average molecular weight is 189 g/mol. The van der Waals surface area contributed by atoms with Gasteiger partial charge in [0, 0.05) is 0 Å². The van der Waals surface area contributed by atoms with Crippen molar-refractivity contribution in [1.29, 1.82) is 0 Å². The number of hydrogen-bond acceptors (Lipinski definition) is 1. The van der Waals surface area contributed by atoms with Crippen LogP contribution in [0.25, 0.3) is 6.08 Å². The third kappa shape index (κ3) is 3.35. The molecule has 0 heterocycles. The van der Waals surface area contributed by atoms with Gasteiger partial charge in [0.05, 0.1) is 0 Å². The fourth-order valence-electron chi connectivity index (χ4n) is 1.45. The van der Waals surface area contributed by atoms with Gasteiger partial charge in [-0.1, -0.05) is 35.9 Å². The van der Waals surface area contributed by atoms with Crippen molar-refractivity contribution < 1.29 is 0 Å². The number of rotatable bonds is 4. The van der Waals surface area contributed by atoms with E-state index < -0.39 is 0 Å². The van der Waals surface area contributed by atoms with Crippen LogP contribution in [0.15, 0.2) is 24.3 Å². The van der Waals surface area contributed by atoms with E-state index in [1.165, 1.54) is 16.7 Å². The monoisotopic (exact) mass is 189 g/mol. The molecule has 76 valence electrons. The molecule has 0 atom stereocenters. The molecule has 1 rings (SSSR count). The Hall–Kier alpha value is -1.08. The van der Waals surface area contributed by atoms with Crippen molar-refractivity contribution in [3.63, 3.8) is 0 Å². The van der Waals surface area contributed by atoms with Crippen molar-refractivity contribution in [2.75, 3.05) is 13.6 Å². The van der Waals surface area contributed by atoms with Crippen LogP contribution >= 0.6 is 0 Å². The van der Waals surface area contributed by atoms with Gasteiger partial charge in [-0.3, -0.25) is 0 Å². The minimum atomic E-state index is 1.04. The van der Waals surface area contributed by atoms with E-state index in [1.807, 2.05) is 7.05 Å². The Balaban J connectivity index is 2.62. The minimum Gasteiger partial charge on any atom is -0.319 e. The van der Waals surface area contributed by atoms with E-state index in [-0.39, 0.29) is 0 Å². The molecule has 0 saturated heterocycles. The summed E-state index contributed by atoms with van der Waals surface area (Å²) in [5.74, 6) is 0. The van der Waals surface area contributed by atoms with Gasteiger partial charge in [0.2, 0.25) is 0 Å². The summed E-state index contributed by atoms with van der Waals surface area (Å²) in [5, 5.41) is 3.13. The number of benzene rings is 1. The second-order valence-electron chi connectivity index (χ2n) is 3.65. The van der Waals surface area contributed by atoms with Gasteiger partial charge >= 0.3 is 0 Å². The highest BCUT2D eigenvalue weighted by molar-refractivity contribution is 5.54. The summed E-state index contributed by atoms with van der Waals surface area (Å²) < 4.78 is 0. The van der Waals surface area contributed by atoms with Gasteiger partial charge in [-0.15, -0.1) is 0 Å². The number of nitrogens with one attached hydrogen (secondary N) is 1. The molecule has 1 nitrogen and oxygen atoms in total. The van der Waals surface area contributed by atoms with E-state index in [1.54, 1.807) is 0 Å². The zero-order valence-electron chi connectivity index (χ0n) is 9.30. The van der Waals surface area contributed by atoms with Crippen LogP contribution in [-0.4, -0.2) is 13.6 Å². The van der Waals surface area contributed by atoms with E-state index in [0.29, 0.717) is 0 Å². The topological polar surface area (TPSA) is 12.0 Å². The van der Waals surface area contributed by atoms with Crippen molar-refractivity contribution in [2.24, 2.45) is 0 Å². The van der Waals surface area contributed by atoms with E-state index in [4.69, 9.17) is 0 Å². The van der Waals surface area contributed by atoms with Gasteiger partial charge in [0.1, 0.15) is 0 Å². The lowest BCUT2D eigenvalue weighted by atomic mass is 10.1. The lowest BCUT2D eigenvalue weighted by molar-refractivity contribution is 0.809. The first-order chi connectivity index (χ1) is 6.74. The molecule has 0 aliphatic rings. The standard InChI is InChI=1S/C13H19N/c1-11-7-8-13(12(2)10-11)6-4-5-9-14-3/h4,6-8,10,14H,5,9H2,1-3H3. The van der Waals surface area contributed by atoms with Crippen LogP contribution < -0.4 is 5.32 Å². The first-order valence-electron chi connectivity index (χ1n) is 5.12. The third-order valence-electron chi connectivity index (χ3n) is 2.28. The van der Waals surface area contributed by atoms with Crippen molar-refractivity contribution in [3.05, 3.63) is 41.0 Å². The molecule has 1 N–H and O–H groups in total. The maximum atomic E-state index is 3.13. The van der Waals surface area contributed by atoms with E-state index >= 15 is 0 Å². The van der Waals surface area contributed by atoms with Gasteiger partial charge in [-0.05, 0) is 45.0 Å². The Morgan fingerprint density at radius 2 is 2.07 bits per heavy atom. The fraction of sp³-hybridized carbons (Fsp3) is 0.385. The lowest BCUT2D eigenvalue weighted by Gasteiger charge is -2.01. The molecule has 0 radical (unpaired) electrons. The van der Waals surface area contributed by atoms with Crippen molar-refractivity contribution >= 4 is 6.08 Å². The SMILES string of the molecule is CNCCC=Cc1ccc(C)cc1C. The van der Waals surface area contributed by atoms with Gasteiger partial charge < -0.3 is 5.32 Å². The number of aryl methyl sites for hydroxylation is 2. The first kappa shape index (κ1) is 11.0. The molecule has 1 aromatic carbocycles. The van der Waals surface area contributed by atoms with Crippen LogP contribution in [0.3, 0.4) is 0 Å². The molecule has 1 aromatic rings. The van der Waals surface area contributed by atoms with Crippen molar-refractivity contribution in [3.8, 4) is 0 Å². The predicted octanol–water partition coefficient (Wildman–Crippen LogP) is 2.93. The lowest BCUT2D eigenvalue weighted by Crippen LogP contribution is -2.05. The molecule has 0 amide bonds. The molecule has 0 aliphatic carbocycles. The molecule has 0 bridgehead atoms. The smallest absolute Gasteiger partial charge is 0.00172 e. The summed E-state index contributed by atoms with van der Waals surface area (Å²) in [6.07, 6.45) is 5.50. The van der Waals surface area contributed by atoms with Crippen LogP contribution in [0.1, 0.15) is 23.1 Å². The third-order valence-corrected chi connectivity index (χ3v) is 2.28. The van der Waals surface area contributed by atoms with Crippen LogP contribution in [0.2, 0.25) is 0 Å². The van der Waals surface area contributed by atoms with Gasteiger partial charge in [0.25, 0.3) is 0 Å². The Kier molecular flexibility index (Phi) is 4.41. The normalized spacial score (nSPS) is 11.1. The fourth-order valence-corrected chi connectivity index (χ4v) is 1.45. The summed E-state index contributed by atoms with van der Waals surface area (Å²) in [4.78, 5) is 0.